The summed E-state index contributed by atoms with van der Waals surface area (Å²) in [6.07, 6.45) is 1.58. The number of esters is 1. The average Bonchev–Trinajstić information content (AvgIpc) is 1.87. The molecule has 0 aromatic heterocycles. The Morgan fingerprint density at radius 3 is 2.67 bits per heavy atom. The van der Waals surface area contributed by atoms with E-state index in [0.717, 1.165) is 0 Å². The van der Waals surface area contributed by atoms with E-state index in [1.165, 1.54) is 7.11 Å². The van der Waals surface area contributed by atoms with E-state index in [-0.39, 0.29) is 12.0 Å². The van der Waals surface area contributed by atoms with Gasteiger partial charge in [-0.1, -0.05) is 0 Å². The quantitative estimate of drug-likeness (QED) is 0.405. The van der Waals surface area contributed by atoms with E-state index < -0.39 is 0 Å². The van der Waals surface area contributed by atoms with Crippen LogP contribution in [0.15, 0.2) is 4.99 Å². The molecular formula is C6H11NO2. The van der Waals surface area contributed by atoms with Crippen molar-refractivity contribution in [1.82, 2.24) is 0 Å². The largest absolute Gasteiger partial charge is 0.467 e. The van der Waals surface area contributed by atoms with Gasteiger partial charge < -0.3 is 4.74 Å². The molecule has 0 N–H and O–H groups in total. The van der Waals surface area contributed by atoms with Gasteiger partial charge in [0.25, 0.3) is 0 Å². The summed E-state index contributed by atoms with van der Waals surface area (Å²) in [5, 5.41) is 0. The minimum Gasteiger partial charge on any atom is -0.467 e. The molecule has 0 fully saturated rings. The van der Waals surface area contributed by atoms with Gasteiger partial charge in [-0.15, -0.1) is 0 Å². The number of hydrogen-bond donors (Lipinski definition) is 0. The summed E-state index contributed by atoms with van der Waals surface area (Å²) in [5.74, 6) is -0.298. The van der Waals surface area contributed by atoms with Crippen LogP contribution in [0.4, 0.5) is 0 Å². The van der Waals surface area contributed by atoms with Crippen LogP contribution in [0, 0.1) is 0 Å². The Morgan fingerprint density at radius 2 is 2.33 bits per heavy atom. The maximum absolute atomic E-state index is 10.6. The predicted molar refractivity (Wildman–Crippen MR) is 35.6 cm³/mol. The zero-order valence-electron chi connectivity index (χ0n) is 5.92. The van der Waals surface area contributed by atoms with Crippen LogP contribution in [-0.4, -0.2) is 25.3 Å². The smallest absolute Gasteiger partial charge is 0.330 e. The molecule has 52 valence electrons. The number of carbonyl (C=O) groups is 1. The van der Waals surface area contributed by atoms with Crippen LogP contribution in [-0.2, 0) is 9.53 Å². The number of nitrogens with zero attached hydrogens (tertiary/aromatic N) is 1. The van der Waals surface area contributed by atoms with Gasteiger partial charge >= 0.3 is 5.97 Å². The number of carbonyl (C=O) groups excluding carboxylic acids is 1. The third-order valence-corrected chi connectivity index (χ3v) is 0.915. The second kappa shape index (κ2) is 4.06. The maximum Gasteiger partial charge on any atom is 0.330 e. The van der Waals surface area contributed by atoms with Crippen molar-refractivity contribution < 1.29 is 9.53 Å². The van der Waals surface area contributed by atoms with Crippen molar-refractivity contribution in [2.24, 2.45) is 4.99 Å². The number of methoxy groups -OCH3 is 1. The predicted octanol–water partition coefficient (Wildman–Crippen LogP) is 0.639. The van der Waals surface area contributed by atoms with Gasteiger partial charge in [-0.05, 0) is 20.1 Å². The lowest BCUT2D eigenvalue weighted by atomic mass is 10.4. The molecule has 0 unspecified atom stereocenters. The van der Waals surface area contributed by atoms with Crippen LogP contribution < -0.4 is 0 Å². The van der Waals surface area contributed by atoms with E-state index in [0.29, 0.717) is 0 Å². The van der Waals surface area contributed by atoms with Crippen LogP contribution >= 0.6 is 0 Å². The summed E-state index contributed by atoms with van der Waals surface area (Å²) >= 11 is 0. The van der Waals surface area contributed by atoms with Crippen LogP contribution in [0.25, 0.3) is 0 Å². The molecule has 3 heteroatoms. The number of aliphatic imine (C=N–C) groups is 1. The molecule has 1 atom stereocenters. The van der Waals surface area contributed by atoms with Crippen LogP contribution in [0.1, 0.15) is 13.8 Å². The van der Waals surface area contributed by atoms with Gasteiger partial charge in [-0.3, -0.25) is 4.99 Å². The summed E-state index contributed by atoms with van der Waals surface area (Å²) in [6.45, 7) is 3.45. The molecule has 0 rings (SSSR count). The van der Waals surface area contributed by atoms with Gasteiger partial charge in [0.2, 0.25) is 0 Å². The van der Waals surface area contributed by atoms with Crippen molar-refractivity contribution in [2.75, 3.05) is 7.11 Å². The number of rotatable bonds is 2. The minimum atomic E-state index is -0.361. The van der Waals surface area contributed by atoms with Crippen molar-refractivity contribution in [2.45, 2.75) is 19.9 Å². The van der Waals surface area contributed by atoms with Crippen molar-refractivity contribution in [3.63, 3.8) is 0 Å². The van der Waals surface area contributed by atoms with Crippen molar-refractivity contribution >= 4 is 12.2 Å². The summed E-state index contributed by atoms with van der Waals surface area (Å²) in [6, 6.07) is -0.361. The topological polar surface area (TPSA) is 38.7 Å². The van der Waals surface area contributed by atoms with Crippen LogP contribution in [0.2, 0.25) is 0 Å². The molecule has 0 aliphatic heterocycles. The van der Waals surface area contributed by atoms with Gasteiger partial charge in [-0.2, -0.15) is 0 Å². The second-order valence-corrected chi connectivity index (χ2v) is 1.61. The second-order valence-electron chi connectivity index (χ2n) is 1.61. The van der Waals surface area contributed by atoms with E-state index in [1.807, 2.05) is 0 Å². The lowest BCUT2D eigenvalue weighted by molar-refractivity contribution is -0.141. The monoisotopic (exact) mass is 129 g/mol. The Morgan fingerprint density at radius 1 is 1.78 bits per heavy atom. The molecule has 0 aromatic rings. The molecule has 0 bridgehead atoms. The number of hydrogen-bond acceptors (Lipinski definition) is 3. The first-order valence-corrected chi connectivity index (χ1v) is 2.78. The van der Waals surface area contributed by atoms with Crippen molar-refractivity contribution in [3.8, 4) is 0 Å². The van der Waals surface area contributed by atoms with Gasteiger partial charge in [0.05, 0.1) is 7.11 Å². The summed E-state index contributed by atoms with van der Waals surface area (Å²) in [7, 11) is 1.35. The SMILES string of the molecule is CC=N[C@@H](C)C(=O)OC. The summed E-state index contributed by atoms with van der Waals surface area (Å²) < 4.78 is 4.41. The molecule has 0 radical (unpaired) electrons. The molecule has 3 nitrogen and oxygen atoms in total. The van der Waals surface area contributed by atoms with Gasteiger partial charge in [-0.25, -0.2) is 4.79 Å². The van der Waals surface area contributed by atoms with E-state index in [4.69, 9.17) is 0 Å². The molecule has 0 aromatic carbocycles. The zero-order valence-corrected chi connectivity index (χ0v) is 5.92. The van der Waals surface area contributed by atoms with Gasteiger partial charge in [0.15, 0.2) is 0 Å². The lowest BCUT2D eigenvalue weighted by Gasteiger charge is -2.00. The van der Waals surface area contributed by atoms with Crippen molar-refractivity contribution in [1.29, 1.82) is 0 Å². The molecule has 0 amide bonds. The highest BCUT2D eigenvalue weighted by atomic mass is 16.5. The Kier molecular flexibility index (Phi) is 3.67. The highest BCUT2D eigenvalue weighted by Crippen LogP contribution is 1.89. The first-order valence-electron chi connectivity index (χ1n) is 2.78. The zero-order chi connectivity index (χ0) is 7.28. The molecule has 0 aliphatic rings. The first-order chi connectivity index (χ1) is 4.22. The Balaban J connectivity index is 3.72. The number of ether oxygens (including phenoxy) is 1. The van der Waals surface area contributed by atoms with E-state index in [9.17, 15) is 4.79 Å². The van der Waals surface area contributed by atoms with Crippen molar-refractivity contribution in [3.05, 3.63) is 0 Å². The third-order valence-electron chi connectivity index (χ3n) is 0.915. The Hall–Kier alpha value is -0.860. The highest BCUT2D eigenvalue weighted by molar-refractivity contribution is 5.77. The molecular weight excluding hydrogens is 118 g/mol. The lowest BCUT2D eigenvalue weighted by Crippen LogP contribution is -2.15. The average molecular weight is 129 g/mol. The Bertz CT molecular complexity index is 120. The molecule has 0 aliphatic carbocycles. The third kappa shape index (κ3) is 2.85. The Labute approximate surface area is 54.7 Å². The van der Waals surface area contributed by atoms with E-state index in [2.05, 4.69) is 9.73 Å². The fraction of sp³-hybridized carbons (Fsp3) is 0.667. The summed E-state index contributed by atoms with van der Waals surface area (Å²) in [5.41, 5.74) is 0. The molecule has 0 heterocycles. The van der Waals surface area contributed by atoms with Gasteiger partial charge in [0, 0.05) is 0 Å². The molecule has 0 saturated heterocycles. The standard InChI is InChI=1S/C6H11NO2/c1-4-7-5(2)6(8)9-3/h4-5H,1-3H3/t5-/m0/s1. The maximum atomic E-state index is 10.6. The highest BCUT2D eigenvalue weighted by Gasteiger charge is 2.08. The van der Waals surface area contributed by atoms with Crippen LogP contribution in [0.3, 0.4) is 0 Å². The normalized spacial score (nSPS) is 13.7. The first kappa shape index (κ1) is 8.14. The molecule has 0 saturated carbocycles. The summed E-state index contributed by atoms with van der Waals surface area (Å²) in [4.78, 5) is 14.4. The van der Waals surface area contributed by atoms with E-state index in [1.54, 1.807) is 20.1 Å². The minimum absolute atomic E-state index is 0.298. The molecule has 9 heavy (non-hydrogen) atoms. The van der Waals surface area contributed by atoms with E-state index >= 15 is 0 Å². The fourth-order valence-electron chi connectivity index (χ4n) is 0.455. The van der Waals surface area contributed by atoms with Crippen LogP contribution in [0.5, 0.6) is 0 Å². The van der Waals surface area contributed by atoms with Gasteiger partial charge in [0.1, 0.15) is 6.04 Å². The molecule has 0 spiro atoms. The fourth-order valence-corrected chi connectivity index (χ4v) is 0.455.